The summed E-state index contributed by atoms with van der Waals surface area (Å²) in [7, 11) is 1.40. The van der Waals surface area contributed by atoms with Crippen molar-refractivity contribution in [1.82, 2.24) is 9.78 Å². The molecule has 1 heterocycles. The van der Waals surface area contributed by atoms with E-state index in [1.54, 1.807) is 6.20 Å². The van der Waals surface area contributed by atoms with E-state index in [4.69, 9.17) is 4.74 Å². The predicted octanol–water partition coefficient (Wildman–Crippen LogP) is 1.85. The van der Waals surface area contributed by atoms with Crippen LogP contribution in [-0.4, -0.2) is 22.9 Å². The maximum absolute atomic E-state index is 11.3. The summed E-state index contributed by atoms with van der Waals surface area (Å²) in [5.74, 6) is -0.395. The number of para-hydroxylation sites is 1. The summed E-state index contributed by atoms with van der Waals surface area (Å²) in [6, 6.07) is 7.93. The number of hydrogen-bond donors (Lipinski definition) is 0. The van der Waals surface area contributed by atoms with E-state index in [9.17, 15) is 4.79 Å². The summed E-state index contributed by atoms with van der Waals surface area (Å²) in [6.07, 6.45) is 1.80. The lowest BCUT2D eigenvalue weighted by atomic mass is 10.2. The second kappa shape index (κ2) is 4.35. The van der Waals surface area contributed by atoms with Gasteiger partial charge in [0.15, 0.2) is 0 Å². The Morgan fingerprint density at radius 3 is 3.00 bits per heavy atom. The standard InChI is InChI=1S/C12H14N2O2/c1-9(12(15)16-2)8-14-11-6-4-3-5-10(11)7-13-14/h3-7,9H,8H2,1-2H3. The van der Waals surface area contributed by atoms with Gasteiger partial charge in [0.1, 0.15) is 0 Å². The summed E-state index contributed by atoms with van der Waals surface area (Å²) < 4.78 is 6.52. The van der Waals surface area contributed by atoms with Crippen LogP contribution < -0.4 is 0 Å². The van der Waals surface area contributed by atoms with Gasteiger partial charge in [-0.15, -0.1) is 0 Å². The molecule has 1 aromatic heterocycles. The molecule has 84 valence electrons. The van der Waals surface area contributed by atoms with Gasteiger partial charge in [0.25, 0.3) is 0 Å². The van der Waals surface area contributed by atoms with Gasteiger partial charge in [-0.05, 0) is 6.07 Å². The van der Waals surface area contributed by atoms with Crippen molar-refractivity contribution in [2.45, 2.75) is 13.5 Å². The lowest BCUT2D eigenvalue weighted by Gasteiger charge is -2.09. The van der Waals surface area contributed by atoms with E-state index in [1.165, 1.54) is 7.11 Å². The summed E-state index contributed by atoms with van der Waals surface area (Å²) >= 11 is 0. The molecule has 4 heteroatoms. The van der Waals surface area contributed by atoms with Crippen molar-refractivity contribution in [3.8, 4) is 0 Å². The monoisotopic (exact) mass is 218 g/mol. The molecule has 0 aliphatic carbocycles. The van der Waals surface area contributed by atoms with Crippen molar-refractivity contribution in [1.29, 1.82) is 0 Å². The van der Waals surface area contributed by atoms with Gasteiger partial charge in [-0.1, -0.05) is 25.1 Å². The van der Waals surface area contributed by atoms with Crippen LogP contribution in [0.4, 0.5) is 0 Å². The van der Waals surface area contributed by atoms with Crippen LogP contribution in [0.25, 0.3) is 10.9 Å². The van der Waals surface area contributed by atoms with Crippen LogP contribution >= 0.6 is 0 Å². The lowest BCUT2D eigenvalue weighted by Crippen LogP contribution is -2.19. The van der Waals surface area contributed by atoms with Crippen LogP contribution in [0.15, 0.2) is 30.5 Å². The zero-order valence-electron chi connectivity index (χ0n) is 9.38. The molecule has 4 nitrogen and oxygen atoms in total. The third kappa shape index (κ3) is 1.91. The minimum atomic E-state index is -0.209. The Kier molecular flexibility index (Phi) is 2.90. The fraction of sp³-hybridized carbons (Fsp3) is 0.333. The molecule has 16 heavy (non-hydrogen) atoms. The van der Waals surface area contributed by atoms with Gasteiger partial charge >= 0.3 is 5.97 Å². The summed E-state index contributed by atoms with van der Waals surface area (Å²) in [5, 5.41) is 5.34. The summed E-state index contributed by atoms with van der Waals surface area (Å²) in [4.78, 5) is 11.3. The van der Waals surface area contributed by atoms with Gasteiger partial charge in [0.05, 0.1) is 31.3 Å². The minimum Gasteiger partial charge on any atom is -0.469 e. The average molecular weight is 218 g/mol. The molecule has 1 unspecified atom stereocenters. The number of carbonyl (C=O) groups excluding carboxylic acids is 1. The largest absolute Gasteiger partial charge is 0.469 e. The van der Waals surface area contributed by atoms with Crippen molar-refractivity contribution in [3.05, 3.63) is 30.5 Å². The van der Waals surface area contributed by atoms with E-state index < -0.39 is 0 Å². The summed E-state index contributed by atoms with van der Waals surface area (Å²) in [6.45, 7) is 2.38. The van der Waals surface area contributed by atoms with Gasteiger partial charge < -0.3 is 4.74 Å². The number of rotatable bonds is 3. The molecule has 0 aliphatic heterocycles. The molecule has 1 aromatic carbocycles. The van der Waals surface area contributed by atoms with E-state index in [0.29, 0.717) is 6.54 Å². The molecule has 1 atom stereocenters. The fourth-order valence-corrected chi connectivity index (χ4v) is 1.71. The fourth-order valence-electron chi connectivity index (χ4n) is 1.71. The Balaban J connectivity index is 2.24. The molecule has 0 fully saturated rings. The highest BCUT2D eigenvalue weighted by atomic mass is 16.5. The molecule has 0 saturated carbocycles. The Morgan fingerprint density at radius 2 is 2.25 bits per heavy atom. The van der Waals surface area contributed by atoms with Crippen molar-refractivity contribution in [2.75, 3.05) is 7.11 Å². The number of aromatic nitrogens is 2. The van der Waals surface area contributed by atoms with Gasteiger partial charge in [-0.25, -0.2) is 0 Å². The third-order valence-corrected chi connectivity index (χ3v) is 2.60. The number of nitrogens with zero attached hydrogens (tertiary/aromatic N) is 2. The first kappa shape index (κ1) is 10.7. The maximum atomic E-state index is 11.3. The first-order valence-corrected chi connectivity index (χ1v) is 5.20. The van der Waals surface area contributed by atoms with Crippen molar-refractivity contribution in [2.24, 2.45) is 5.92 Å². The highest BCUT2D eigenvalue weighted by Crippen LogP contribution is 2.14. The lowest BCUT2D eigenvalue weighted by molar-refractivity contribution is -0.145. The molecule has 2 rings (SSSR count). The second-order valence-electron chi connectivity index (χ2n) is 3.81. The molecule has 0 bridgehead atoms. The Hall–Kier alpha value is -1.84. The van der Waals surface area contributed by atoms with Crippen molar-refractivity contribution < 1.29 is 9.53 Å². The highest BCUT2D eigenvalue weighted by molar-refractivity contribution is 5.78. The number of fused-ring (bicyclic) bond motifs is 1. The number of benzene rings is 1. The summed E-state index contributed by atoms with van der Waals surface area (Å²) in [5.41, 5.74) is 1.04. The van der Waals surface area contributed by atoms with E-state index in [1.807, 2.05) is 35.9 Å². The Morgan fingerprint density at radius 1 is 1.50 bits per heavy atom. The first-order valence-electron chi connectivity index (χ1n) is 5.20. The van der Waals surface area contributed by atoms with Gasteiger partial charge in [0.2, 0.25) is 0 Å². The molecule has 0 amide bonds. The SMILES string of the molecule is COC(=O)C(C)Cn1ncc2ccccc21. The average Bonchev–Trinajstić information content (AvgIpc) is 2.72. The van der Waals surface area contributed by atoms with Gasteiger partial charge in [-0.2, -0.15) is 5.10 Å². The number of ether oxygens (including phenoxy) is 1. The molecule has 0 saturated heterocycles. The molecule has 0 N–H and O–H groups in total. The van der Waals surface area contributed by atoms with Crippen LogP contribution in [0.1, 0.15) is 6.92 Å². The van der Waals surface area contributed by atoms with Crippen LogP contribution in [0, 0.1) is 5.92 Å². The topological polar surface area (TPSA) is 44.1 Å². The normalized spacial score (nSPS) is 12.6. The van der Waals surface area contributed by atoms with Crippen LogP contribution in [0.2, 0.25) is 0 Å². The predicted molar refractivity (Wildman–Crippen MR) is 60.9 cm³/mol. The third-order valence-electron chi connectivity index (χ3n) is 2.60. The highest BCUT2D eigenvalue weighted by Gasteiger charge is 2.15. The first-order chi connectivity index (χ1) is 7.72. The van der Waals surface area contributed by atoms with Crippen molar-refractivity contribution >= 4 is 16.9 Å². The second-order valence-corrected chi connectivity index (χ2v) is 3.81. The van der Waals surface area contributed by atoms with E-state index in [-0.39, 0.29) is 11.9 Å². The molecular weight excluding hydrogens is 204 g/mol. The maximum Gasteiger partial charge on any atom is 0.310 e. The minimum absolute atomic E-state index is 0.187. The quantitative estimate of drug-likeness (QED) is 0.738. The molecule has 2 aromatic rings. The molecular formula is C12H14N2O2. The zero-order chi connectivity index (χ0) is 11.5. The van der Waals surface area contributed by atoms with E-state index in [0.717, 1.165) is 10.9 Å². The number of esters is 1. The van der Waals surface area contributed by atoms with Crippen LogP contribution in [0.5, 0.6) is 0 Å². The number of methoxy groups -OCH3 is 1. The van der Waals surface area contributed by atoms with E-state index in [2.05, 4.69) is 5.10 Å². The number of hydrogen-bond acceptors (Lipinski definition) is 3. The smallest absolute Gasteiger partial charge is 0.310 e. The molecule has 0 aliphatic rings. The van der Waals surface area contributed by atoms with Gasteiger partial charge in [0, 0.05) is 5.39 Å². The van der Waals surface area contributed by atoms with Crippen molar-refractivity contribution in [3.63, 3.8) is 0 Å². The zero-order valence-corrected chi connectivity index (χ0v) is 9.38. The Labute approximate surface area is 93.8 Å². The number of carbonyl (C=O) groups is 1. The van der Waals surface area contributed by atoms with Crippen LogP contribution in [-0.2, 0) is 16.1 Å². The van der Waals surface area contributed by atoms with E-state index >= 15 is 0 Å². The molecule has 0 spiro atoms. The molecule has 0 radical (unpaired) electrons. The van der Waals surface area contributed by atoms with Crippen LogP contribution in [0.3, 0.4) is 0 Å². The Bertz CT molecular complexity index is 504. The van der Waals surface area contributed by atoms with Gasteiger partial charge in [-0.3, -0.25) is 9.48 Å².